The SMILES string of the molecule is CC(C)CN(CCOc1ccccc1Cl)c1c(N)n(CC(C)C)c(=O)[nH]c1=O. The van der Waals surface area contributed by atoms with Crippen molar-refractivity contribution in [2.75, 3.05) is 30.3 Å². The number of halogens is 1. The molecule has 3 N–H and O–H groups in total. The van der Waals surface area contributed by atoms with Gasteiger partial charge in [-0.25, -0.2) is 4.79 Å². The van der Waals surface area contributed by atoms with Crippen LogP contribution in [-0.4, -0.2) is 29.2 Å². The highest BCUT2D eigenvalue weighted by atomic mass is 35.5. The van der Waals surface area contributed by atoms with Crippen molar-refractivity contribution in [3.63, 3.8) is 0 Å². The summed E-state index contributed by atoms with van der Waals surface area (Å²) in [5, 5.41) is 0.528. The molecule has 1 aromatic heterocycles. The number of rotatable bonds is 9. The van der Waals surface area contributed by atoms with Crippen molar-refractivity contribution in [2.45, 2.75) is 34.2 Å². The van der Waals surface area contributed by atoms with Crippen LogP contribution in [0.25, 0.3) is 0 Å². The van der Waals surface area contributed by atoms with Crippen LogP contribution >= 0.6 is 11.6 Å². The van der Waals surface area contributed by atoms with Gasteiger partial charge in [0.25, 0.3) is 5.56 Å². The van der Waals surface area contributed by atoms with Crippen LogP contribution in [0.5, 0.6) is 5.75 Å². The number of aromatic amines is 1. The van der Waals surface area contributed by atoms with Crippen LogP contribution in [0.1, 0.15) is 27.7 Å². The Balaban J connectivity index is 2.30. The lowest BCUT2D eigenvalue weighted by molar-refractivity contribution is 0.321. The van der Waals surface area contributed by atoms with Crippen LogP contribution in [0.3, 0.4) is 0 Å². The van der Waals surface area contributed by atoms with E-state index in [-0.39, 0.29) is 17.7 Å². The zero-order chi connectivity index (χ0) is 20.8. The van der Waals surface area contributed by atoms with Crippen LogP contribution in [0.4, 0.5) is 11.5 Å². The van der Waals surface area contributed by atoms with Gasteiger partial charge < -0.3 is 15.4 Å². The van der Waals surface area contributed by atoms with Gasteiger partial charge in [0.15, 0.2) is 0 Å². The molecule has 0 saturated carbocycles. The van der Waals surface area contributed by atoms with E-state index in [0.29, 0.717) is 42.7 Å². The smallest absolute Gasteiger partial charge is 0.330 e. The quantitative estimate of drug-likeness (QED) is 0.665. The number of ether oxygens (including phenoxy) is 1. The normalized spacial score (nSPS) is 11.2. The Hall–Kier alpha value is -2.41. The molecule has 0 atom stereocenters. The number of nitrogens with two attached hydrogens (primary N) is 1. The van der Waals surface area contributed by atoms with Gasteiger partial charge >= 0.3 is 5.69 Å². The molecule has 2 rings (SSSR count). The van der Waals surface area contributed by atoms with Crippen LogP contribution in [-0.2, 0) is 6.54 Å². The Morgan fingerprint density at radius 3 is 2.46 bits per heavy atom. The van der Waals surface area contributed by atoms with E-state index in [4.69, 9.17) is 22.1 Å². The number of hydrogen-bond acceptors (Lipinski definition) is 5. The number of hydrogen-bond donors (Lipinski definition) is 2. The van der Waals surface area contributed by atoms with Crippen molar-refractivity contribution in [3.05, 3.63) is 50.1 Å². The van der Waals surface area contributed by atoms with E-state index in [1.165, 1.54) is 4.57 Å². The summed E-state index contributed by atoms with van der Waals surface area (Å²) in [6, 6.07) is 7.22. The molecule has 0 fully saturated rings. The fraction of sp³-hybridized carbons (Fsp3) is 0.500. The highest BCUT2D eigenvalue weighted by Gasteiger charge is 2.20. The summed E-state index contributed by atoms with van der Waals surface area (Å²) in [7, 11) is 0. The molecular formula is C20H29ClN4O3. The van der Waals surface area contributed by atoms with Crippen LogP contribution < -0.4 is 26.6 Å². The maximum Gasteiger partial charge on any atom is 0.330 e. The van der Waals surface area contributed by atoms with E-state index < -0.39 is 11.2 Å². The number of aromatic nitrogens is 2. The first-order valence-electron chi connectivity index (χ1n) is 9.45. The molecule has 1 heterocycles. The van der Waals surface area contributed by atoms with E-state index in [2.05, 4.69) is 18.8 Å². The lowest BCUT2D eigenvalue weighted by atomic mass is 10.2. The monoisotopic (exact) mass is 408 g/mol. The van der Waals surface area contributed by atoms with Gasteiger partial charge in [-0.1, -0.05) is 51.4 Å². The number of nitrogens with one attached hydrogen (secondary N) is 1. The van der Waals surface area contributed by atoms with Crippen LogP contribution in [0, 0.1) is 11.8 Å². The van der Waals surface area contributed by atoms with Gasteiger partial charge in [0.2, 0.25) is 0 Å². The second kappa shape index (κ2) is 9.68. The second-order valence-electron chi connectivity index (χ2n) is 7.62. The molecule has 0 aliphatic rings. The third-order valence-electron chi connectivity index (χ3n) is 4.12. The van der Waals surface area contributed by atoms with Gasteiger partial charge in [-0.15, -0.1) is 0 Å². The third kappa shape index (κ3) is 5.55. The average molecular weight is 409 g/mol. The van der Waals surface area contributed by atoms with Crippen molar-refractivity contribution < 1.29 is 4.74 Å². The Bertz CT molecular complexity index is 905. The van der Waals surface area contributed by atoms with Crippen LogP contribution in [0.2, 0.25) is 5.02 Å². The van der Waals surface area contributed by atoms with Gasteiger partial charge in [-0.05, 0) is 24.0 Å². The lowest BCUT2D eigenvalue weighted by Gasteiger charge is -2.28. The van der Waals surface area contributed by atoms with E-state index in [1.807, 2.05) is 30.9 Å². The third-order valence-corrected chi connectivity index (χ3v) is 4.43. The molecule has 2 aromatic rings. The van der Waals surface area contributed by atoms with Crippen molar-refractivity contribution in [1.82, 2.24) is 9.55 Å². The topological polar surface area (TPSA) is 93.3 Å². The Labute approximate surface area is 170 Å². The fourth-order valence-corrected chi connectivity index (χ4v) is 3.18. The van der Waals surface area contributed by atoms with Crippen molar-refractivity contribution >= 4 is 23.1 Å². The number of anilines is 2. The maximum atomic E-state index is 12.6. The van der Waals surface area contributed by atoms with Crippen molar-refractivity contribution in [1.29, 1.82) is 0 Å². The minimum atomic E-state index is -0.489. The van der Waals surface area contributed by atoms with Crippen molar-refractivity contribution in [3.8, 4) is 5.75 Å². The Morgan fingerprint density at radius 2 is 1.86 bits per heavy atom. The Morgan fingerprint density at radius 1 is 1.18 bits per heavy atom. The minimum Gasteiger partial charge on any atom is -0.490 e. The first-order chi connectivity index (χ1) is 13.2. The van der Waals surface area contributed by atoms with Crippen molar-refractivity contribution in [2.24, 2.45) is 11.8 Å². The molecular weight excluding hydrogens is 380 g/mol. The lowest BCUT2D eigenvalue weighted by Crippen LogP contribution is -2.41. The molecule has 0 bridgehead atoms. The number of para-hydroxylation sites is 1. The predicted octanol–water partition coefficient (Wildman–Crippen LogP) is 2.97. The number of benzene rings is 1. The summed E-state index contributed by atoms with van der Waals surface area (Å²) < 4.78 is 7.19. The molecule has 28 heavy (non-hydrogen) atoms. The van der Waals surface area contributed by atoms with Gasteiger partial charge in [0.1, 0.15) is 23.9 Å². The zero-order valence-electron chi connectivity index (χ0n) is 16.9. The fourth-order valence-electron chi connectivity index (χ4n) is 2.99. The standard InChI is InChI=1S/C20H29ClN4O3/c1-13(2)11-24(9-10-28-16-8-6-5-7-15(16)21)17-18(22)25(12-14(3)4)20(27)23-19(17)26/h5-8,13-14H,9-12,22H2,1-4H3,(H,23,26,27). The zero-order valence-corrected chi connectivity index (χ0v) is 17.6. The highest BCUT2D eigenvalue weighted by molar-refractivity contribution is 6.32. The summed E-state index contributed by atoms with van der Waals surface area (Å²) in [5.41, 5.74) is 5.58. The molecule has 7 nitrogen and oxygen atoms in total. The summed E-state index contributed by atoms with van der Waals surface area (Å²) in [6.45, 7) is 9.85. The van der Waals surface area contributed by atoms with E-state index in [9.17, 15) is 9.59 Å². The molecule has 1 aromatic carbocycles. The summed E-state index contributed by atoms with van der Waals surface area (Å²) in [6.07, 6.45) is 0. The van der Waals surface area contributed by atoms with Gasteiger partial charge in [-0.2, -0.15) is 0 Å². The van der Waals surface area contributed by atoms with Gasteiger partial charge in [0.05, 0.1) is 11.6 Å². The minimum absolute atomic E-state index is 0.181. The first kappa shape index (κ1) is 21.9. The predicted molar refractivity (Wildman–Crippen MR) is 115 cm³/mol. The first-order valence-corrected chi connectivity index (χ1v) is 9.83. The number of nitrogens with zero attached hydrogens (tertiary/aromatic N) is 2. The largest absolute Gasteiger partial charge is 0.490 e. The second-order valence-corrected chi connectivity index (χ2v) is 8.02. The molecule has 154 valence electrons. The average Bonchev–Trinajstić information content (AvgIpc) is 2.59. The Kier molecular flexibility index (Phi) is 7.57. The van der Waals surface area contributed by atoms with Gasteiger partial charge in [0, 0.05) is 13.1 Å². The molecule has 0 amide bonds. The number of H-pyrrole nitrogens is 1. The van der Waals surface area contributed by atoms with Crippen LogP contribution in [0.15, 0.2) is 33.9 Å². The van der Waals surface area contributed by atoms with E-state index in [1.54, 1.807) is 12.1 Å². The van der Waals surface area contributed by atoms with Gasteiger partial charge in [-0.3, -0.25) is 14.3 Å². The molecule has 8 heteroatoms. The molecule has 0 aliphatic heterocycles. The molecule has 0 aliphatic carbocycles. The molecule has 0 unspecified atom stereocenters. The molecule has 0 saturated heterocycles. The molecule has 0 radical (unpaired) electrons. The number of nitrogen functional groups attached to an aromatic ring is 1. The highest BCUT2D eigenvalue weighted by Crippen LogP contribution is 2.24. The summed E-state index contributed by atoms with van der Waals surface area (Å²) >= 11 is 6.13. The van der Waals surface area contributed by atoms with E-state index >= 15 is 0 Å². The molecule has 0 spiro atoms. The summed E-state index contributed by atoms with van der Waals surface area (Å²) in [4.78, 5) is 29.0. The summed E-state index contributed by atoms with van der Waals surface area (Å²) in [5.74, 6) is 1.26. The maximum absolute atomic E-state index is 12.6. The van der Waals surface area contributed by atoms with E-state index in [0.717, 1.165) is 0 Å².